The Morgan fingerprint density at radius 2 is 1.94 bits per heavy atom. The van der Waals surface area contributed by atoms with Crippen molar-refractivity contribution >= 4 is 28.6 Å². The van der Waals surface area contributed by atoms with E-state index in [1.807, 2.05) is 35.1 Å². The topological polar surface area (TPSA) is 123 Å². The van der Waals surface area contributed by atoms with Gasteiger partial charge in [0.05, 0.1) is 23.8 Å². The number of morpholine rings is 1. The third-order valence-electron chi connectivity index (χ3n) is 5.95. The van der Waals surface area contributed by atoms with Crippen LogP contribution in [0.15, 0.2) is 30.5 Å². The van der Waals surface area contributed by atoms with Gasteiger partial charge in [-0.25, -0.2) is 19.4 Å². The average molecular weight is 437 g/mol. The lowest BCUT2D eigenvalue weighted by molar-refractivity contribution is 0.0303. The molecule has 4 N–H and O–H groups in total. The van der Waals surface area contributed by atoms with Crippen molar-refractivity contribution in [3.8, 4) is 11.4 Å². The fraction of sp³-hybridized carbons (Fsp3) is 0.455. The molecule has 2 aliphatic heterocycles. The summed E-state index contributed by atoms with van der Waals surface area (Å²) in [4.78, 5) is 24.0. The van der Waals surface area contributed by atoms with Gasteiger partial charge in [0.1, 0.15) is 5.82 Å². The van der Waals surface area contributed by atoms with Gasteiger partial charge in [-0.2, -0.15) is 5.10 Å². The van der Waals surface area contributed by atoms with Crippen LogP contribution in [0.4, 0.5) is 16.3 Å². The molecule has 4 heterocycles. The summed E-state index contributed by atoms with van der Waals surface area (Å²) in [7, 11) is 0. The van der Waals surface area contributed by atoms with Gasteiger partial charge in [-0.1, -0.05) is 0 Å². The standard InChI is InChI=1S/C22H28N8O2/c1-2-30-21-18(11-25-30)20(29-12-16-7-8-17(13-29)32-16)27-19(28-21)14-3-5-15(6-4-14)26-22(31)24-10-9-23/h3-6,11,16-17H,2,7-10,12-13,23H2,1H3,(H2,24,26,31). The normalized spacial score (nSPS) is 20.0. The maximum Gasteiger partial charge on any atom is 0.319 e. The second kappa shape index (κ2) is 8.71. The predicted octanol–water partition coefficient (Wildman–Crippen LogP) is 1.96. The number of fused-ring (bicyclic) bond motifs is 3. The lowest BCUT2D eigenvalue weighted by Gasteiger charge is -2.33. The van der Waals surface area contributed by atoms with Crippen LogP contribution in [0.25, 0.3) is 22.4 Å². The lowest BCUT2D eigenvalue weighted by atomic mass is 10.2. The molecule has 2 aromatic heterocycles. The molecule has 10 heteroatoms. The molecule has 2 amide bonds. The van der Waals surface area contributed by atoms with Crippen LogP contribution in [-0.4, -0.2) is 64.2 Å². The molecule has 3 aromatic rings. The van der Waals surface area contributed by atoms with Gasteiger partial charge in [0.15, 0.2) is 11.5 Å². The Morgan fingerprint density at radius 3 is 2.62 bits per heavy atom. The van der Waals surface area contributed by atoms with Gasteiger partial charge >= 0.3 is 6.03 Å². The summed E-state index contributed by atoms with van der Waals surface area (Å²) in [5.41, 5.74) is 7.81. The molecule has 0 spiro atoms. The number of benzene rings is 1. The van der Waals surface area contributed by atoms with Crippen molar-refractivity contribution in [1.29, 1.82) is 0 Å². The van der Waals surface area contributed by atoms with Crippen LogP contribution in [0.1, 0.15) is 19.8 Å². The molecule has 2 fully saturated rings. The summed E-state index contributed by atoms with van der Waals surface area (Å²) in [6, 6.07) is 7.24. The maximum atomic E-state index is 11.9. The zero-order valence-electron chi connectivity index (χ0n) is 18.1. The molecule has 10 nitrogen and oxygen atoms in total. The number of nitrogens with zero attached hydrogens (tertiary/aromatic N) is 5. The number of hydrogen-bond donors (Lipinski definition) is 3. The van der Waals surface area contributed by atoms with Crippen molar-refractivity contribution in [2.75, 3.05) is 36.4 Å². The SMILES string of the molecule is CCn1ncc2c(N3CC4CCC(C3)O4)nc(-c3ccc(NC(=O)NCCN)cc3)nc21. The molecule has 0 aliphatic carbocycles. The second-order valence-electron chi connectivity index (χ2n) is 8.18. The van der Waals surface area contributed by atoms with Gasteiger partial charge in [-0.3, -0.25) is 0 Å². The van der Waals surface area contributed by atoms with Crippen LogP contribution in [0.2, 0.25) is 0 Å². The van der Waals surface area contributed by atoms with Crippen molar-refractivity contribution in [2.45, 2.75) is 38.5 Å². The summed E-state index contributed by atoms with van der Waals surface area (Å²) in [6.07, 6.45) is 4.59. The minimum Gasteiger partial charge on any atom is -0.371 e. The molecule has 32 heavy (non-hydrogen) atoms. The van der Waals surface area contributed by atoms with E-state index in [0.717, 1.165) is 54.9 Å². The van der Waals surface area contributed by atoms with Crippen molar-refractivity contribution in [2.24, 2.45) is 5.73 Å². The number of carbonyl (C=O) groups is 1. The van der Waals surface area contributed by atoms with Gasteiger partial charge < -0.3 is 26.0 Å². The minimum atomic E-state index is -0.281. The van der Waals surface area contributed by atoms with E-state index in [9.17, 15) is 4.79 Å². The number of urea groups is 1. The highest BCUT2D eigenvalue weighted by atomic mass is 16.5. The Labute approximate surface area is 186 Å². The van der Waals surface area contributed by atoms with Crippen molar-refractivity contribution in [1.82, 2.24) is 25.1 Å². The number of hydrogen-bond acceptors (Lipinski definition) is 7. The summed E-state index contributed by atoms with van der Waals surface area (Å²) < 4.78 is 7.92. The molecule has 5 rings (SSSR count). The second-order valence-corrected chi connectivity index (χ2v) is 8.18. The number of carbonyl (C=O) groups excluding carboxylic acids is 1. The highest BCUT2D eigenvalue weighted by molar-refractivity contribution is 5.90. The molecule has 2 saturated heterocycles. The fourth-order valence-corrected chi connectivity index (χ4v) is 4.39. The van der Waals surface area contributed by atoms with Gasteiger partial charge in [0.2, 0.25) is 0 Å². The predicted molar refractivity (Wildman–Crippen MR) is 123 cm³/mol. The smallest absolute Gasteiger partial charge is 0.319 e. The summed E-state index contributed by atoms with van der Waals surface area (Å²) in [5.74, 6) is 1.55. The Hall–Kier alpha value is -3.24. The van der Waals surface area contributed by atoms with Crippen molar-refractivity contribution < 1.29 is 9.53 Å². The van der Waals surface area contributed by atoms with Crippen molar-refractivity contribution in [3.05, 3.63) is 30.5 Å². The number of aryl methyl sites for hydroxylation is 1. The molecular weight excluding hydrogens is 408 g/mol. The number of nitrogens with two attached hydrogens (primary N) is 1. The van der Waals surface area contributed by atoms with E-state index in [0.29, 0.717) is 24.6 Å². The number of anilines is 2. The first kappa shape index (κ1) is 20.7. The molecule has 0 radical (unpaired) electrons. The van der Waals surface area contributed by atoms with Crippen LogP contribution < -0.4 is 21.3 Å². The first-order valence-electron chi connectivity index (χ1n) is 11.1. The van der Waals surface area contributed by atoms with E-state index < -0.39 is 0 Å². The number of rotatable bonds is 6. The summed E-state index contributed by atoms with van der Waals surface area (Å²) >= 11 is 0. The van der Waals surface area contributed by atoms with Crippen LogP contribution in [-0.2, 0) is 11.3 Å². The third-order valence-corrected chi connectivity index (χ3v) is 5.95. The molecule has 2 bridgehead atoms. The zero-order chi connectivity index (χ0) is 22.1. The Morgan fingerprint density at radius 1 is 1.19 bits per heavy atom. The molecular formula is C22H28N8O2. The number of nitrogens with one attached hydrogen (secondary N) is 2. The van der Waals surface area contributed by atoms with E-state index in [-0.39, 0.29) is 18.2 Å². The van der Waals surface area contributed by atoms with E-state index in [2.05, 4.69) is 27.6 Å². The number of amides is 2. The highest BCUT2D eigenvalue weighted by Crippen LogP contribution is 2.33. The van der Waals surface area contributed by atoms with Gasteiger partial charge in [-0.05, 0) is 44.0 Å². The largest absolute Gasteiger partial charge is 0.371 e. The van der Waals surface area contributed by atoms with Gasteiger partial charge in [0.25, 0.3) is 0 Å². The monoisotopic (exact) mass is 436 g/mol. The molecule has 168 valence electrons. The number of aromatic nitrogens is 4. The average Bonchev–Trinajstić information content (AvgIpc) is 3.39. The van der Waals surface area contributed by atoms with Crippen LogP contribution >= 0.6 is 0 Å². The van der Waals surface area contributed by atoms with Crippen LogP contribution in [0.3, 0.4) is 0 Å². The fourth-order valence-electron chi connectivity index (χ4n) is 4.39. The first-order chi connectivity index (χ1) is 15.6. The van der Waals surface area contributed by atoms with Crippen LogP contribution in [0.5, 0.6) is 0 Å². The molecule has 1 aromatic carbocycles. The minimum absolute atomic E-state index is 0.263. The molecule has 2 atom stereocenters. The lowest BCUT2D eigenvalue weighted by Crippen LogP contribution is -2.43. The maximum absolute atomic E-state index is 11.9. The van der Waals surface area contributed by atoms with Gasteiger partial charge in [0, 0.05) is 44.0 Å². The van der Waals surface area contributed by atoms with E-state index in [1.54, 1.807) is 0 Å². The third kappa shape index (κ3) is 3.98. The Balaban J connectivity index is 1.47. The highest BCUT2D eigenvalue weighted by Gasteiger charge is 2.35. The quantitative estimate of drug-likeness (QED) is 0.540. The summed E-state index contributed by atoms with van der Waals surface area (Å²) in [5, 5.41) is 11.0. The van der Waals surface area contributed by atoms with Crippen LogP contribution in [0, 0.1) is 0 Å². The Kier molecular flexibility index (Phi) is 5.62. The van der Waals surface area contributed by atoms with E-state index >= 15 is 0 Å². The Bertz CT molecular complexity index is 1100. The molecule has 0 saturated carbocycles. The van der Waals surface area contributed by atoms with Gasteiger partial charge in [-0.15, -0.1) is 0 Å². The number of ether oxygens (including phenoxy) is 1. The summed E-state index contributed by atoms with van der Waals surface area (Å²) in [6.45, 7) is 5.27. The van der Waals surface area contributed by atoms with E-state index in [1.165, 1.54) is 0 Å². The molecule has 2 aliphatic rings. The first-order valence-corrected chi connectivity index (χ1v) is 11.1. The van der Waals surface area contributed by atoms with Crippen molar-refractivity contribution in [3.63, 3.8) is 0 Å². The zero-order valence-corrected chi connectivity index (χ0v) is 18.1. The van der Waals surface area contributed by atoms with E-state index in [4.69, 9.17) is 20.4 Å². The molecule has 2 unspecified atom stereocenters.